The fourth-order valence-electron chi connectivity index (χ4n) is 2.35. The van der Waals surface area contributed by atoms with Crippen molar-refractivity contribution >= 4 is 27.5 Å². The molecule has 0 aliphatic carbocycles. The van der Waals surface area contributed by atoms with Crippen LogP contribution in [0.3, 0.4) is 0 Å². The second-order valence-electron chi connectivity index (χ2n) is 5.91. The average Bonchev–Trinajstić information content (AvgIpc) is 2.66. The number of aryl methyl sites for hydroxylation is 1. The van der Waals surface area contributed by atoms with Gasteiger partial charge in [0.1, 0.15) is 29.6 Å². The van der Waals surface area contributed by atoms with Crippen molar-refractivity contribution in [3.05, 3.63) is 66.4 Å². The van der Waals surface area contributed by atoms with Crippen LogP contribution in [-0.2, 0) is 10.0 Å². The van der Waals surface area contributed by atoms with Crippen LogP contribution in [0.4, 0.5) is 21.8 Å². The second kappa shape index (κ2) is 8.72. The summed E-state index contributed by atoms with van der Waals surface area (Å²) in [6, 6.07) is 10.3. The first-order valence-electron chi connectivity index (χ1n) is 8.43. The van der Waals surface area contributed by atoms with Crippen LogP contribution in [0.25, 0.3) is 0 Å². The normalized spacial score (nSPS) is 11.2. The van der Waals surface area contributed by atoms with Gasteiger partial charge in [0.15, 0.2) is 0 Å². The lowest BCUT2D eigenvalue weighted by atomic mass is 10.3. The van der Waals surface area contributed by atoms with Crippen molar-refractivity contribution < 1.29 is 12.8 Å². The van der Waals surface area contributed by atoms with E-state index in [0.717, 1.165) is 11.6 Å². The molecule has 0 saturated carbocycles. The van der Waals surface area contributed by atoms with E-state index in [2.05, 4.69) is 30.3 Å². The third-order valence-corrected chi connectivity index (χ3v) is 5.13. The minimum Gasteiger partial charge on any atom is -0.369 e. The molecule has 3 N–H and O–H groups in total. The Hall–Kier alpha value is -3.11. The third kappa shape index (κ3) is 5.44. The number of benzene rings is 1. The molecule has 0 amide bonds. The third-order valence-electron chi connectivity index (χ3n) is 3.67. The highest BCUT2D eigenvalue weighted by molar-refractivity contribution is 7.89. The Morgan fingerprint density at radius 2 is 1.75 bits per heavy atom. The van der Waals surface area contributed by atoms with E-state index >= 15 is 0 Å². The zero-order chi connectivity index (χ0) is 20.0. The van der Waals surface area contributed by atoms with Gasteiger partial charge in [-0.1, -0.05) is 6.07 Å². The largest absolute Gasteiger partial charge is 0.369 e. The van der Waals surface area contributed by atoms with E-state index in [1.807, 2.05) is 19.1 Å². The summed E-state index contributed by atoms with van der Waals surface area (Å²) in [5, 5.41) is 6.08. The van der Waals surface area contributed by atoms with Crippen LogP contribution in [0.5, 0.6) is 0 Å². The summed E-state index contributed by atoms with van der Waals surface area (Å²) in [6.45, 7) is 2.35. The number of aromatic nitrogens is 3. The molecule has 0 unspecified atom stereocenters. The Morgan fingerprint density at radius 3 is 2.54 bits per heavy atom. The van der Waals surface area contributed by atoms with Crippen LogP contribution in [0, 0.1) is 12.7 Å². The average molecular weight is 402 g/mol. The van der Waals surface area contributed by atoms with Crippen LogP contribution >= 0.6 is 0 Å². The number of anilines is 3. The van der Waals surface area contributed by atoms with E-state index < -0.39 is 15.8 Å². The maximum absolute atomic E-state index is 13.2. The number of sulfonamides is 1. The van der Waals surface area contributed by atoms with Crippen molar-refractivity contribution in [2.24, 2.45) is 0 Å². The van der Waals surface area contributed by atoms with Crippen molar-refractivity contribution in [2.45, 2.75) is 11.8 Å². The Kier molecular flexibility index (Phi) is 6.12. The number of rotatable bonds is 8. The van der Waals surface area contributed by atoms with Gasteiger partial charge in [0.05, 0.1) is 4.90 Å². The summed E-state index contributed by atoms with van der Waals surface area (Å²) in [6.07, 6.45) is 3.08. The van der Waals surface area contributed by atoms with Crippen molar-refractivity contribution in [1.29, 1.82) is 0 Å². The molecule has 0 atom stereocenters. The van der Waals surface area contributed by atoms with Crippen LogP contribution in [0.1, 0.15) is 5.56 Å². The SMILES string of the molecule is Cc1ccnc(Nc2cc(NCCNS(=O)(=O)c3cccc(F)c3)ncn2)c1. The summed E-state index contributed by atoms with van der Waals surface area (Å²) in [5.74, 6) is 1.13. The minimum absolute atomic E-state index is 0.102. The van der Waals surface area contributed by atoms with Gasteiger partial charge < -0.3 is 10.6 Å². The van der Waals surface area contributed by atoms with Crippen molar-refractivity contribution in [2.75, 3.05) is 23.7 Å². The van der Waals surface area contributed by atoms with Gasteiger partial charge in [-0.05, 0) is 42.8 Å². The molecule has 146 valence electrons. The number of pyridine rings is 1. The molecule has 3 aromatic rings. The van der Waals surface area contributed by atoms with Gasteiger partial charge in [0.2, 0.25) is 10.0 Å². The highest BCUT2D eigenvalue weighted by Gasteiger charge is 2.13. The van der Waals surface area contributed by atoms with Crippen molar-refractivity contribution in [1.82, 2.24) is 19.7 Å². The molecule has 0 aliphatic rings. The van der Waals surface area contributed by atoms with E-state index in [-0.39, 0.29) is 18.0 Å². The Balaban J connectivity index is 1.54. The first-order valence-corrected chi connectivity index (χ1v) is 9.91. The lowest BCUT2D eigenvalue weighted by Crippen LogP contribution is -2.29. The molecule has 2 heterocycles. The van der Waals surface area contributed by atoms with E-state index in [1.54, 1.807) is 12.3 Å². The van der Waals surface area contributed by atoms with Crippen LogP contribution in [0.15, 0.2) is 59.9 Å². The molecule has 0 spiro atoms. The highest BCUT2D eigenvalue weighted by atomic mass is 32.2. The predicted octanol–water partition coefficient (Wildman–Crippen LogP) is 2.45. The fraction of sp³-hybridized carbons (Fsp3) is 0.167. The monoisotopic (exact) mass is 402 g/mol. The lowest BCUT2D eigenvalue weighted by Gasteiger charge is -2.10. The fourth-order valence-corrected chi connectivity index (χ4v) is 3.41. The van der Waals surface area contributed by atoms with E-state index in [1.165, 1.54) is 24.5 Å². The summed E-state index contributed by atoms with van der Waals surface area (Å²) < 4.78 is 39.9. The van der Waals surface area contributed by atoms with E-state index in [9.17, 15) is 12.8 Å². The Bertz CT molecular complexity index is 1060. The maximum atomic E-state index is 13.2. The first-order chi connectivity index (χ1) is 13.4. The van der Waals surface area contributed by atoms with Crippen molar-refractivity contribution in [3.63, 3.8) is 0 Å². The zero-order valence-corrected chi connectivity index (χ0v) is 15.9. The zero-order valence-electron chi connectivity index (χ0n) is 15.1. The molecule has 8 nitrogen and oxygen atoms in total. The number of halogens is 1. The molecule has 0 aliphatic heterocycles. The van der Waals surface area contributed by atoms with Crippen LogP contribution in [0.2, 0.25) is 0 Å². The molecule has 2 aromatic heterocycles. The summed E-state index contributed by atoms with van der Waals surface area (Å²) in [5.41, 5.74) is 1.07. The number of nitrogens with zero attached hydrogens (tertiary/aromatic N) is 3. The van der Waals surface area contributed by atoms with Gasteiger partial charge in [-0.2, -0.15) is 0 Å². The molecule has 0 bridgehead atoms. The van der Waals surface area contributed by atoms with Gasteiger partial charge in [-0.25, -0.2) is 32.5 Å². The van der Waals surface area contributed by atoms with E-state index in [0.29, 0.717) is 17.5 Å². The molecule has 10 heteroatoms. The standard InChI is InChI=1S/C18H19FN6O2S/c1-13-5-6-20-17(9-13)25-18-11-16(22-12-23-18)21-7-8-24-28(26,27)15-4-2-3-14(19)10-15/h2-6,9-12,24H,7-8H2,1H3,(H2,20,21,22,23,25). The second-order valence-corrected chi connectivity index (χ2v) is 7.68. The van der Waals surface area contributed by atoms with Gasteiger partial charge in [-0.15, -0.1) is 0 Å². The van der Waals surface area contributed by atoms with Crippen molar-refractivity contribution in [3.8, 4) is 0 Å². The quantitative estimate of drug-likeness (QED) is 0.497. The topological polar surface area (TPSA) is 109 Å². The molecule has 3 rings (SSSR count). The summed E-state index contributed by atoms with van der Waals surface area (Å²) >= 11 is 0. The van der Waals surface area contributed by atoms with Crippen LogP contribution < -0.4 is 15.4 Å². The number of hydrogen-bond acceptors (Lipinski definition) is 7. The van der Waals surface area contributed by atoms with Gasteiger partial charge >= 0.3 is 0 Å². The number of hydrogen-bond donors (Lipinski definition) is 3. The van der Waals surface area contributed by atoms with Gasteiger partial charge in [0.25, 0.3) is 0 Å². The van der Waals surface area contributed by atoms with Gasteiger partial charge in [0, 0.05) is 25.4 Å². The molecule has 0 fully saturated rings. The smallest absolute Gasteiger partial charge is 0.240 e. The molecule has 28 heavy (non-hydrogen) atoms. The van der Waals surface area contributed by atoms with Crippen LogP contribution in [-0.4, -0.2) is 36.5 Å². The Labute approximate surface area is 162 Å². The summed E-state index contributed by atoms with van der Waals surface area (Å²) in [7, 11) is -3.77. The minimum atomic E-state index is -3.77. The molecule has 0 saturated heterocycles. The molecular weight excluding hydrogens is 383 g/mol. The molecule has 1 aromatic carbocycles. The number of nitrogens with one attached hydrogen (secondary N) is 3. The maximum Gasteiger partial charge on any atom is 0.240 e. The predicted molar refractivity (Wildman–Crippen MR) is 104 cm³/mol. The summed E-state index contributed by atoms with van der Waals surface area (Å²) in [4.78, 5) is 12.3. The Morgan fingerprint density at radius 1 is 0.964 bits per heavy atom. The molecule has 0 radical (unpaired) electrons. The molecular formula is C18H19FN6O2S. The van der Waals surface area contributed by atoms with Gasteiger partial charge in [-0.3, -0.25) is 0 Å². The highest BCUT2D eigenvalue weighted by Crippen LogP contribution is 2.15. The van der Waals surface area contributed by atoms with E-state index in [4.69, 9.17) is 0 Å². The lowest BCUT2D eigenvalue weighted by molar-refractivity contribution is 0.579. The first kappa shape index (κ1) is 19.6.